The van der Waals surface area contributed by atoms with E-state index in [2.05, 4.69) is 9.97 Å². The number of aromatic nitrogens is 2. The summed E-state index contributed by atoms with van der Waals surface area (Å²) in [4.78, 5) is 8.45. The van der Waals surface area contributed by atoms with Crippen molar-refractivity contribution in [2.45, 2.75) is 0 Å². The number of pyridine rings is 2. The molecule has 21 heavy (non-hydrogen) atoms. The van der Waals surface area contributed by atoms with Crippen molar-refractivity contribution >= 4 is 12.6 Å². The highest BCUT2D eigenvalue weighted by Crippen LogP contribution is 2.21. The topological polar surface area (TPSA) is 66.2 Å². The van der Waals surface area contributed by atoms with Gasteiger partial charge in [0.2, 0.25) is 0 Å². The van der Waals surface area contributed by atoms with Crippen LogP contribution in [0.15, 0.2) is 67.1 Å². The summed E-state index contributed by atoms with van der Waals surface area (Å²) in [5, 5.41) is 18.2. The Bertz CT molecular complexity index is 714. The quantitative estimate of drug-likeness (QED) is 0.711. The average molecular weight is 276 g/mol. The molecule has 0 aliphatic heterocycles. The second-order valence-electron chi connectivity index (χ2n) is 4.66. The zero-order valence-corrected chi connectivity index (χ0v) is 11.2. The van der Waals surface area contributed by atoms with E-state index in [1.807, 2.05) is 36.4 Å². The summed E-state index contributed by atoms with van der Waals surface area (Å²) in [6.45, 7) is 0. The zero-order valence-electron chi connectivity index (χ0n) is 11.2. The Labute approximate surface area is 122 Å². The van der Waals surface area contributed by atoms with Gasteiger partial charge in [0.15, 0.2) is 0 Å². The van der Waals surface area contributed by atoms with Gasteiger partial charge in [-0.25, -0.2) is 0 Å². The van der Waals surface area contributed by atoms with E-state index in [0.717, 1.165) is 22.4 Å². The third-order valence-corrected chi connectivity index (χ3v) is 3.28. The molecule has 3 rings (SSSR count). The molecule has 0 aliphatic rings. The van der Waals surface area contributed by atoms with Crippen LogP contribution in [0.1, 0.15) is 0 Å². The molecule has 0 saturated carbocycles. The summed E-state index contributed by atoms with van der Waals surface area (Å²) in [5.74, 6) is 0. The van der Waals surface area contributed by atoms with Crippen LogP contribution < -0.4 is 5.46 Å². The first-order chi connectivity index (χ1) is 10.2. The Morgan fingerprint density at radius 2 is 1.38 bits per heavy atom. The van der Waals surface area contributed by atoms with Gasteiger partial charge in [0.1, 0.15) is 0 Å². The van der Waals surface area contributed by atoms with E-state index in [-0.39, 0.29) is 0 Å². The molecule has 3 aromatic rings. The van der Waals surface area contributed by atoms with Gasteiger partial charge in [-0.2, -0.15) is 0 Å². The Morgan fingerprint density at radius 1 is 0.714 bits per heavy atom. The molecule has 5 heteroatoms. The van der Waals surface area contributed by atoms with Crippen molar-refractivity contribution in [3.8, 4) is 22.4 Å². The third kappa shape index (κ3) is 2.99. The van der Waals surface area contributed by atoms with E-state index in [9.17, 15) is 0 Å². The normalized spacial score (nSPS) is 10.4. The van der Waals surface area contributed by atoms with Crippen LogP contribution in [0.3, 0.4) is 0 Å². The van der Waals surface area contributed by atoms with Gasteiger partial charge in [0.25, 0.3) is 0 Å². The van der Waals surface area contributed by atoms with E-state index < -0.39 is 7.12 Å². The molecular weight excluding hydrogens is 263 g/mol. The van der Waals surface area contributed by atoms with Crippen molar-refractivity contribution in [2.24, 2.45) is 0 Å². The van der Waals surface area contributed by atoms with Gasteiger partial charge in [0.05, 0.1) is 5.69 Å². The molecule has 0 amide bonds. The lowest BCUT2D eigenvalue weighted by Gasteiger charge is -2.05. The van der Waals surface area contributed by atoms with Gasteiger partial charge >= 0.3 is 7.12 Å². The number of benzene rings is 1. The Hall–Kier alpha value is -2.50. The lowest BCUT2D eigenvalue weighted by atomic mass is 9.80. The fourth-order valence-corrected chi connectivity index (χ4v) is 2.11. The Morgan fingerprint density at radius 3 is 1.95 bits per heavy atom. The SMILES string of the molecule is OB(O)c1ccc(-c2ccc(-c3ccncc3)nc2)cc1. The van der Waals surface area contributed by atoms with Crippen molar-refractivity contribution in [1.82, 2.24) is 9.97 Å². The Balaban J connectivity index is 1.87. The predicted octanol–water partition coefficient (Wildman–Crippen LogP) is 1.49. The zero-order chi connectivity index (χ0) is 14.7. The summed E-state index contributed by atoms with van der Waals surface area (Å²) in [5.41, 5.74) is 4.35. The van der Waals surface area contributed by atoms with E-state index >= 15 is 0 Å². The van der Waals surface area contributed by atoms with Gasteiger partial charge in [-0.15, -0.1) is 0 Å². The maximum Gasteiger partial charge on any atom is 0.488 e. The van der Waals surface area contributed by atoms with E-state index in [0.29, 0.717) is 5.46 Å². The standard InChI is InChI=1S/C16H13BN2O2/c20-17(21)15-4-1-12(2-5-15)14-3-6-16(19-11-14)13-7-9-18-10-8-13/h1-11,20-21H. The van der Waals surface area contributed by atoms with E-state index in [4.69, 9.17) is 10.0 Å². The van der Waals surface area contributed by atoms with Crippen molar-refractivity contribution < 1.29 is 10.0 Å². The molecule has 0 aliphatic carbocycles. The molecule has 0 saturated heterocycles. The lowest BCUT2D eigenvalue weighted by Crippen LogP contribution is -2.29. The summed E-state index contributed by atoms with van der Waals surface area (Å²) >= 11 is 0. The molecule has 0 fully saturated rings. The van der Waals surface area contributed by atoms with Gasteiger partial charge in [-0.1, -0.05) is 30.3 Å². The largest absolute Gasteiger partial charge is 0.488 e. The summed E-state index contributed by atoms with van der Waals surface area (Å²) in [7, 11) is -1.44. The highest BCUT2D eigenvalue weighted by atomic mass is 16.4. The minimum absolute atomic E-state index is 0.472. The summed E-state index contributed by atoms with van der Waals surface area (Å²) < 4.78 is 0. The first-order valence-electron chi connectivity index (χ1n) is 6.57. The van der Waals surface area contributed by atoms with Crippen molar-refractivity contribution in [1.29, 1.82) is 0 Å². The van der Waals surface area contributed by atoms with Crippen molar-refractivity contribution in [3.63, 3.8) is 0 Å². The second kappa shape index (κ2) is 5.87. The number of rotatable bonds is 3. The molecule has 0 radical (unpaired) electrons. The first kappa shape index (κ1) is 13.5. The number of hydrogen-bond donors (Lipinski definition) is 2. The molecule has 4 nitrogen and oxygen atoms in total. The minimum Gasteiger partial charge on any atom is -0.423 e. The van der Waals surface area contributed by atoms with Crippen LogP contribution in [0.5, 0.6) is 0 Å². The fourth-order valence-electron chi connectivity index (χ4n) is 2.11. The minimum atomic E-state index is -1.44. The number of nitrogens with zero attached hydrogens (tertiary/aromatic N) is 2. The van der Waals surface area contributed by atoms with Crippen LogP contribution in [0.4, 0.5) is 0 Å². The maximum absolute atomic E-state index is 9.09. The Kier molecular flexibility index (Phi) is 3.77. The van der Waals surface area contributed by atoms with Crippen LogP contribution in [-0.4, -0.2) is 27.1 Å². The first-order valence-corrected chi connectivity index (χ1v) is 6.57. The molecule has 2 aromatic heterocycles. The highest BCUT2D eigenvalue weighted by Gasteiger charge is 2.10. The van der Waals surface area contributed by atoms with Crippen molar-refractivity contribution in [3.05, 3.63) is 67.1 Å². The molecule has 2 heterocycles. The molecule has 0 bridgehead atoms. The number of hydrogen-bond acceptors (Lipinski definition) is 4. The van der Waals surface area contributed by atoms with E-state index in [1.165, 1.54) is 0 Å². The monoisotopic (exact) mass is 276 g/mol. The summed E-state index contributed by atoms with van der Waals surface area (Å²) in [6.07, 6.45) is 5.29. The van der Waals surface area contributed by atoms with Crippen molar-refractivity contribution in [2.75, 3.05) is 0 Å². The molecule has 0 atom stereocenters. The highest BCUT2D eigenvalue weighted by molar-refractivity contribution is 6.58. The molecule has 0 unspecified atom stereocenters. The third-order valence-electron chi connectivity index (χ3n) is 3.28. The van der Waals surface area contributed by atoms with Crippen LogP contribution in [0.2, 0.25) is 0 Å². The maximum atomic E-state index is 9.09. The second-order valence-corrected chi connectivity index (χ2v) is 4.66. The lowest BCUT2D eigenvalue weighted by molar-refractivity contribution is 0.426. The van der Waals surface area contributed by atoms with Crippen LogP contribution in [0, 0.1) is 0 Å². The molecule has 102 valence electrons. The van der Waals surface area contributed by atoms with Gasteiger partial charge in [-0.3, -0.25) is 9.97 Å². The molecule has 0 spiro atoms. The van der Waals surface area contributed by atoms with E-state index in [1.54, 1.807) is 30.7 Å². The van der Waals surface area contributed by atoms with Crippen LogP contribution >= 0.6 is 0 Å². The average Bonchev–Trinajstić information content (AvgIpc) is 2.56. The molecule has 1 aromatic carbocycles. The van der Waals surface area contributed by atoms with Gasteiger partial charge < -0.3 is 10.0 Å². The van der Waals surface area contributed by atoms with Crippen LogP contribution in [-0.2, 0) is 0 Å². The smallest absolute Gasteiger partial charge is 0.423 e. The summed E-state index contributed by atoms with van der Waals surface area (Å²) in [6, 6.07) is 14.9. The van der Waals surface area contributed by atoms with Gasteiger partial charge in [-0.05, 0) is 29.2 Å². The van der Waals surface area contributed by atoms with Crippen LogP contribution in [0.25, 0.3) is 22.4 Å². The predicted molar refractivity (Wildman–Crippen MR) is 82.7 cm³/mol. The fraction of sp³-hybridized carbons (Fsp3) is 0. The molecule has 2 N–H and O–H groups in total. The molecular formula is C16H13BN2O2. The van der Waals surface area contributed by atoms with Gasteiger partial charge in [0, 0.05) is 29.7 Å².